The molecule has 0 aliphatic heterocycles. The van der Waals surface area contributed by atoms with Gasteiger partial charge in [0, 0.05) is 11.2 Å². The van der Waals surface area contributed by atoms with Crippen molar-refractivity contribution in [3.05, 3.63) is 52.3 Å². The Balaban J connectivity index is 1.98. The van der Waals surface area contributed by atoms with Crippen LogP contribution in [0.25, 0.3) is 0 Å². The van der Waals surface area contributed by atoms with Gasteiger partial charge in [-0.15, -0.1) is 0 Å². The second-order valence-electron chi connectivity index (χ2n) is 4.24. The van der Waals surface area contributed by atoms with Crippen molar-refractivity contribution in [3.63, 3.8) is 0 Å². The number of aromatic nitrogens is 1. The van der Waals surface area contributed by atoms with Crippen LogP contribution >= 0.6 is 23.2 Å². The van der Waals surface area contributed by atoms with E-state index in [9.17, 15) is 9.59 Å². The van der Waals surface area contributed by atoms with Gasteiger partial charge in [-0.25, -0.2) is 4.79 Å². The number of H-pyrrole nitrogens is 1. The first kappa shape index (κ1) is 15.4. The van der Waals surface area contributed by atoms with E-state index in [1.54, 1.807) is 30.5 Å². The number of rotatable bonds is 4. The Labute approximate surface area is 131 Å². The largest absolute Gasteiger partial charge is 0.448 e. The van der Waals surface area contributed by atoms with Crippen LogP contribution in [0.1, 0.15) is 17.4 Å². The third-order valence-corrected chi connectivity index (χ3v) is 3.21. The second-order valence-corrected chi connectivity index (χ2v) is 5.09. The van der Waals surface area contributed by atoms with Gasteiger partial charge in [0.15, 0.2) is 6.10 Å². The highest BCUT2D eigenvalue weighted by Gasteiger charge is 2.20. The summed E-state index contributed by atoms with van der Waals surface area (Å²) in [4.78, 5) is 26.4. The summed E-state index contributed by atoms with van der Waals surface area (Å²) in [7, 11) is 0. The molecule has 0 saturated heterocycles. The first-order valence-corrected chi connectivity index (χ1v) is 6.83. The Kier molecular flexibility index (Phi) is 4.88. The van der Waals surface area contributed by atoms with Crippen molar-refractivity contribution in [1.82, 2.24) is 4.98 Å². The molecule has 0 fully saturated rings. The predicted octanol–water partition coefficient (Wildman–Crippen LogP) is 3.51. The maximum atomic E-state index is 12.0. The first-order valence-electron chi connectivity index (χ1n) is 6.07. The molecule has 5 nitrogen and oxygen atoms in total. The van der Waals surface area contributed by atoms with Crippen LogP contribution in [0.2, 0.25) is 10.0 Å². The van der Waals surface area contributed by atoms with Crippen LogP contribution in [0.3, 0.4) is 0 Å². The number of anilines is 1. The van der Waals surface area contributed by atoms with Crippen molar-refractivity contribution >= 4 is 40.8 Å². The molecule has 0 unspecified atom stereocenters. The van der Waals surface area contributed by atoms with Crippen LogP contribution < -0.4 is 5.32 Å². The predicted molar refractivity (Wildman–Crippen MR) is 80.8 cm³/mol. The van der Waals surface area contributed by atoms with E-state index in [-0.39, 0.29) is 5.69 Å². The third-order valence-electron chi connectivity index (χ3n) is 2.66. The standard InChI is InChI=1S/C14H12Cl2N2O3/c1-8(21-14(20)12-3-2-6-17-12)13(19)18-11-5-4-9(15)7-10(11)16/h2-8,17H,1H3,(H,18,19)/t8-/m1/s1. The molecule has 0 aliphatic carbocycles. The molecule has 110 valence electrons. The fraction of sp³-hybridized carbons (Fsp3) is 0.143. The number of ether oxygens (including phenoxy) is 1. The topological polar surface area (TPSA) is 71.2 Å². The molecule has 0 radical (unpaired) electrons. The van der Waals surface area contributed by atoms with Gasteiger partial charge < -0.3 is 15.0 Å². The lowest BCUT2D eigenvalue weighted by molar-refractivity contribution is -0.123. The minimum Gasteiger partial charge on any atom is -0.448 e. The zero-order chi connectivity index (χ0) is 15.4. The number of hydrogen-bond acceptors (Lipinski definition) is 3. The van der Waals surface area contributed by atoms with E-state index in [1.165, 1.54) is 13.0 Å². The van der Waals surface area contributed by atoms with Crippen LogP contribution in [0.4, 0.5) is 5.69 Å². The summed E-state index contributed by atoms with van der Waals surface area (Å²) in [5, 5.41) is 3.34. The van der Waals surface area contributed by atoms with Crippen LogP contribution in [-0.2, 0) is 9.53 Å². The quantitative estimate of drug-likeness (QED) is 0.844. The van der Waals surface area contributed by atoms with E-state index in [0.717, 1.165) is 0 Å². The number of nitrogens with one attached hydrogen (secondary N) is 2. The lowest BCUT2D eigenvalue weighted by Crippen LogP contribution is -2.30. The highest BCUT2D eigenvalue weighted by atomic mass is 35.5. The number of amides is 1. The number of halogens is 2. The normalized spacial score (nSPS) is 11.8. The number of hydrogen-bond donors (Lipinski definition) is 2. The van der Waals surface area contributed by atoms with E-state index in [0.29, 0.717) is 15.7 Å². The summed E-state index contributed by atoms with van der Waals surface area (Å²) < 4.78 is 5.04. The SMILES string of the molecule is C[C@@H](OC(=O)c1ccc[nH]1)C(=O)Nc1ccc(Cl)cc1Cl. The van der Waals surface area contributed by atoms with Gasteiger partial charge in [-0.3, -0.25) is 4.79 Å². The fourth-order valence-electron chi connectivity index (χ4n) is 1.56. The molecule has 0 aliphatic rings. The molecule has 1 heterocycles. The average molecular weight is 327 g/mol. The number of esters is 1. The van der Waals surface area contributed by atoms with Crippen LogP contribution in [0.15, 0.2) is 36.5 Å². The molecular formula is C14H12Cl2N2O3. The zero-order valence-corrected chi connectivity index (χ0v) is 12.5. The van der Waals surface area contributed by atoms with E-state index in [4.69, 9.17) is 27.9 Å². The van der Waals surface area contributed by atoms with Crippen molar-refractivity contribution in [1.29, 1.82) is 0 Å². The van der Waals surface area contributed by atoms with Crippen LogP contribution in [0, 0.1) is 0 Å². The Hall–Kier alpha value is -1.98. The smallest absolute Gasteiger partial charge is 0.355 e. The van der Waals surface area contributed by atoms with E-state index >= 15 is 0 Å². The van der Waals surface area contributed by atoms with Crippen molar-refractivity contribution in [2.24, 2.45) is 0 Å². The van der Waals surface area contributed by atoms with Crippen molar-refractivity contribution in [2.45, 2.75) is 13.0 Å². The van der Waals surface area contributed by atoms with Gasteiger partial charge in [-0.2, -0.15) is 0 Å². The van der Waals surface area contributed by atoms with Gasteiger partial charge in [0.05, 0.1) is 10.7 Å². The summed E-state index contributed by atoms with van der Waals surface area (Å²) in [5.74, 6) is -1.09. The molecule has 0 bridgehead atoms. The molecule has 2 aromatic rings. The molecule has 0 saturated carbocycles. The number of benzene rings is 1. The average Bonchev–Trinajstić information content (AvgIpc) is 2.95. The highest BCUT2D eigenvalue weighted by Crippen LogP contribution is 2.25. The molecule has 1 amide bonds. The summed E-state index contributed by atoms with van der Waals surface area (Å²) in [6.07, 6.45) is 0.627. The summed E-state index contributed by atoms with van der Waals surface area (Å²) in [6, 6.07) is 7.90. The van der Waals surface area contributed by atoms with E-state index < -0.39 is 18.0 Å². The maximum Gasteiger partial charge on any atom is 0.355 e. The monoisotopic (exact) mass is 326 g/mol. The van der Waals surface area contributed by atoms with Gasteiger partial charge in [-0.05, 0) is 37.3 Å². The molecule has 2 rings (SSSR count). The molecule has 21 heavy (non-hydrogen) atoms. The number of carbonyl (C=O) groups excluding carboxylic acids is 2. The van der Waals surface area contributed by atoms with Crippen LogP contribution in [0.5, 0.6) is 0 Å². The first-order chi connectivity index (χ1) is 9.97. The molecule has 1 atom stereocenters. The van der Waals surface area contributed by atoms with Crippen LogP contribution in [-0.4, -0.2) is 23.0 Å². The van der Waals surface area contributed by atoms with Gasteiger partial charge >= 0.3 is 5.97 Å². The summed E-state index contributed by atoms with van der Waals surface area (Å²) in [6.45, 7) is 1.47. The maximum absolute atomic E-state index is 12.0. The molecule has 0 spiro atoms. The second kappa shape index (κ2) is 6.65. The fourth-order valence-corrected chi connectivity index (χ4v) is 2.02. The molecule has 7 heteroatoms. The molecule has 2 N–H and O–H groups in total. The Bertz CT molecular complexity index is 656. The Morgan fingerprint density at radius 1 is 1.29 bits per heavy atom. The minimum absolute atomic E-state index is 0.277. The van der Waals surface area contributed by atoms with Gasteiger partial charge in [0.1, 0.15) is 5.69 Å². The Morgan fingerprint density at radius 3 is 2.67 bits per heavy atom. The van der Waals surface area contributed by atoms with E-state index in [1.807, 2.05) is 0 Å². The summed E-state index contributed by atoms with van der Waals surface area (Å²) >= 11 is 11.7. The van der Waals surface area contributed by atoms with Gasteiger partial charge in [-0.1, -0.05) is 23.2 Å². The minimum atomic E-state index is -0.965. The molecular weight excluding hydrogens is 315 g/mol. The lowest BCUT2D eigenvalue weighted by atomic mass is 10.3. The van der Waals surface area contributed by atoms with Crippen molar-refractivity contribution in [2.75, 3.05) is 5.32 Å². The zero-order valence-electron chi connectivity index (χ0n) is 11.0. The molecule has 1 aromatic heterocycles. The van der Waals surface area contributed by atoms with Crippen molar-refractivity contribution < 1.29 is 14.3 Å². The van der Waals surface area contributed by atoms with Gasteiger partial charge in [0.25, 0.3) is 5.91 Å². The van der Waals surface area contributed by atoms with Crippen molar-refractivity contribution in [3.8, 4) is 0 Å². The Morgan fingerprint density at radius 2 is 2.05 bits per heavy atom. The molecule has 1 aromatic carbocycles. The number of aromatic amines is 1. The van der Waals surface area contributed by atoms with E-state index in [2.05, 4.69) is 10.3 Å². The number of carbonyl (C=O) groups is 2. The summed E-state index contributed by atoms with van der Waals surface area (Å²) in [5.41, 5.74) is 0.674. The van der Waals surface area contributed by atoms with Gasteiger partial charge in [0.2, 0.25) is 0 Å². The highest BCUT2D eigenvalue weighted by molar-refractivity contribution is 6.36. The lowest BCUT2D eigenvalue weighted by Gasteiger charge is -2.13. The third kappa shape index (κ3) is 4.00.